The second-order valence-electron chi connectivity index (χ2n) is 9.19. The van der Waals surface area contributed by atoms with E-state index in [9.17, 15) is 9.59 Å². The van der Waals surface area contributed by atoms with E-state index in [1.54, 1.807) is 24.3 Å². The highest BCUT2D eigenvalue weighted by molar-refractivity contribution is 6.30. The summed E-state index contributed by atoms with van der Waals surface area (Å²) in [6, 6.07) is 14.3. The van der Waals surface area contributed by atoms with Gasteiger partial charge in [-0.3, -0.25) is 14.5 Å². The van der Waals surface area contributed by atoms with E-state index in [4.69, 9.17) is 16.3 Å². The van der Waals surface area contributed by atoms with Gasteiger partial charge in [0, 0.05) is 36.8 Å². The maximum absolute atomic E-state index is 12.8. The van der Waals surface area contributed by atoms with E-state index in [0.29, 0.717) is 17.1 Å². The Morgan fingerprint density at radius 3 is 2.15 bits per heavy atom. The first-order chi connectivity index (χ1) is 15.7. The lowest BCUT2D eigenvalue weighted by Crippen LogP contribution is -2.49. The highest BCUT2D eigenvalue weighted by atomic mass is 35.5. The van der Waals surface area contributed by atoms with Gasteiger partial charge in [0.2, 0.25) is 5.91 Å². The van der Waals surface area contributed by atoms with Gasteiger partial charge in [0.25, 0.3) is 5.91 Å². The third kappa shape index (κ3) is 7.56. The summed E-state index contributed by atoms with van der Waals surface area (Å²) < 4.78 is 5.80. The SMILES string of the molecule is CC1CN(Cc2ccc(CNC(=O)C(NC(=O)c3ccc(Cl)cc3)C(C)C)cc2)CC(C)O1. The van der Waals surface area contributed by atoms with Crippen molar-refractivity contribution in [3.8, 4) is 0 Å². The third-order valence-corrected chi connectivity index (χ3v) is 5.99. The second kappa shape index (κ2) is 11.6. The van der Waals surface area contributed by atoms with E-state index in [1.807, 2.05) is 26.0 Å². The molecule has 6 nitrogen and oxygen atoms in total. The molecule has 3 atom stereocenters. The fourth-order valence-electron chi connectivity index (χ4n) is 4.09. The first-order valence-electron chi connectivity index (χ1n) is 11.5. The van der Waals surface area contributed by atoms with Gasteiger partial charge in [0.1, 0.15) is 6.04 Å². The zero-order valence-corrected chi connectivity index (χ0v) is 20.6. The van der Waals surface area contributed by atoms with Crippen molar-refractivity contribution in [2.45, 2.75) is 59.0 Å². The van der Waals surface area contributed by atoms with Gasteiger partial charge in [-0.2, -0.15) is 0 Å². The number of nitrogens with one attached hydrogen (secondary N) is 2. The number of benzene rings is 2. The third-order valence-electron chi connectivity index (χ3n) is 5.73. The van der Waals surface area contributed by atoms with Crippen LogP contribution in [0.2, 0.25) is 5.02 Å². The predicted molar refractivity (Wildman–Crippen MR) is 131 cm³/mol. The number of hydrogen-bond acceptors (Lipinski definition) is 4. The number of amides is 2. The van der Waals surface area contributed by atoms with Crippen molar-refractivity contribution in [3.05, 3.63) is 70.2 Å². The Hall–Kier alpha value is -2.41. The molecule has 1 fully saturated rings. The molecule has 3 unspecified atom stereocenters. The zero-order valence-electron chi connectivity index (χ0n) is 19.8. The highest BCUT2D eigenvalue weighted by Gasteiger charge is 2.25. The smallest absolute Gasteiger partial charge is 0.251 e. The summed E-state index contributed by atoms with van der Waals surface area (Å²) in [4.78, 5) is 27.8. The summed E-state index contributed by atoms with van der Waals surface area (Å²) in [5.41, 5.74) is 2.72. The Morgan fingerprint density at radius 2 is 1.58 bits per heavy atom. The largest absolute Gasteiger partial charge is 0.373 e. The maximum atomic E-state index is 12.8. The van der Waals surface area contributed by atoms with E-state index >= 15 is 0 Å². The number of nitrogens with zero attached hydrogens (tertiary/aromatic N) is 1. The Morgan fingerprint density at radius 1 is 1.00 bits per heavy atom. The van der Waals surface area contributed by atoms with Crippen molar-refractivity contribution in [3.63, 3.8) is 0 Å². The minimum atomic E-state index is -0.627. The average molecular weight is 472 g/mol. The number of halogens is 1. The molecule has 1 heterocycles. The molecule has 1 aliphatic rings. The lowest BCUT2D eigenvalue weighted by Gasteiger charge is -2.35. The quantitative estimate of drug-likeness (QED) is 0.610. The van der Waals surface area contributed by atoms with Crippen LogP contribution in [0.4, 0.5) is 0 Å². The molecule has 3 rings (SSSR count). The molecule has 0 saturated carbocycles. The Labute approximate surface area is 201 Å². The van der Waals surface area contributed by atoms with Crippen LogP contribution >= 0.6 is 11.6 Å². The Balaban J connectivity index is 1.52. The number of rotatable bonds is 8. The Bertz CT molecular complexity index is 921. The van der Waals surface area contributed by atoms with Crippen LogP contribution in [0.1, 0.15) is 49.2 Å². The van der Waals surface area contributed by atoms with Gasteiger partial charge < -0.3 is 15.4 Å². The van der Waals surface area contributed by atoms with Gasteiger partial charge in [-0.25, -0.2) is 0 Å². The van der Waals surface area contributed by atoms with Crippen LogP contribution in [0.25, 0.3) is 0 Å². The van der Waals surface area contributed by atoms with Crippen LogP contribution in [-0.2, 0) is 22.6 Å². The molecule has 2 amide bonds. The molecule has 2 N–H and O–H groups in total. The zero-order chi connectivity index (χ0) is 24.0. The van der Waals surface area contributed by atoms with Gasteiger partial charge in [-0.1, -0.05) is 49.7 Å². The summed E-state index contributed by atoms with van der Waals surface area (Å²) in [7, 11) is 0. The molecule has 2 aromatic carbocycles. The Kier molecular flexibility index (Phi) is 8.89. The van der Waals surface area contributed by atoms with E-state index in [2.05, 4.69) is 41.5 Å². The summed E-state index contributed by atoms with van der Waals surface area (Å²) in [6.45, 7) is 11.2. The van der Waals surface area contributed by atoms with Gasteiger partial charge in [-0.05, 0) is 55.2 Å². The standard InChI is InChI=1S/C26H34ClN3O3/c1-17(2)24(29-25(31)22-9-11-23(27)12-10-22)26(32)28-13-20-5-7-21(8-6-20)16-30-14-18(3)33-19(4)15-30/h5-12,17-19,24H,13-16H2,1-4H3,(H,28,32)(H,29,31). The molecule has 7 heteroatoms. The summed E-state index contributed by atoms with van der Waals surface area (Å²) in [5.74, 6) is -0.550. The molecular formula is C26H34ClN3O3. The molecule has 0 bridgehead atoms. The molecule has 2 aromatic rings. The van der Waals surface area contributed by atoms with Crippen molar-refractivity contribution in [1.82, 2.24) is 15.5 Å². The molecule has 1 saturated heterocycles. The van der Waals surface area contributed by atoms with Crippen molar-refractivity contribution in [2.24, 2.45) is 5.92 Å². The monoisotopic (exact) mass is 471 g/mol. The van der Waals surface area contributed by atoms with Crippen LogP contribution in [0, 0.1) is 5.92 Å². The first kappa shape index (κ1) is 25.2. The summed E-state index contributed by atoms with van der Waals surface area (Å²) in [6.07, 6.45) is 0.495. The molecule has 0 spiro atoms. The average Bonchev–Trinajstić information content (AvgIpc) is 2.76. The highest BCUT2D eigenvalue weighted by Crippen LogP contribution is 2.15. The number of ether oxygens (including phenoxy) is 1. The van der Waals surface area contributed by atoms with Crippen LogP contribution < -0.4 is 10.6 Å². The van der Waals surface area contributed by atoms with Crippen LogP contribution in [0.3, 0.4) is 0 Å². The van der Waals surface area contributed by atoms with Crippen LogP contribution in [-0.4, -0.2) is 48.1 Å². The number of carbonyl (C=O) groups is 2. The molecule has 0 aliphatic carbocycles. The molecular weight excluding hydrogens is 438 g/mol. The van der Waals surface area contributed by atoms with Gasteiger partial charge in [0.05, 0.1) is 12.2 Å². The minimum absolute atomic E-state index is 0.0538. The topological polar surface area (TPSA) is 70.7 Å². The van der Waals surface area contributed by atoms with Gasteiger partial charge in [-0.15, -0.1) is 0 Å². The van der Waals surface area contributed by atoms with Crippen LogP contribution in [0.15, 0.2) is 48.5 Å². The van der Waals surface area contributed by atoms with Crippen molar-refractivity contribution >= 4 is 23.4 Å². The molecule has 33 heavy (non-hydrogen) atoms. The second-order valence-corrected chi connectivity index (χ2v) is 9.62. The fraction of sp³-hybridized carbons (Fsp3) is 0.462. The molecule has 0 aromatic heterocycles. The van der Waals surface area contributed by atoms with Crippen molar-refractivity contribution in [1.29, 1.82) is 0 Å². The first-order valence-corrected chi connectivity index (χ1v) is 11.9. The van der Waals surface area contributed by atoms with Crippen LogP contribution in [0.5, 0.6) is 0 Å². The lowest BCUT2D eigenvalue weighted by molar-refractivity contribution is -0.124. The summed E-state index contributed by atoms with van der Waals surface area (Å²) >= 11 is 5.89. The lowest BCUT2D eigenvalue weighted by atomic mass is 10.0. The maximum Gasteiger partial charge on any atom is 0.251 e. The normalized spacial score (nSPS) is 19.8. The number of hydrogen-bond donors (Lipinski definition) is 2. The van der Waals surface area contributed by atoms with E-state index in [-0.39, 0.29) is 29.9 Å². The number of morpholine rings is 1. The minimum Gasteiger partial charge on any atom is -0.373 e. The van der Waals surface area contributed by atoms with Gasteiger partial charge in [0.15, 0.2) is 0 Å². The van der Waals surface area contributed by atoms with Crippen molar-refractivity contribution in [2.75, 3.05) is 13.1 Å². The predicted octanol–water partition coefficient (Wildman–Crippen LogP) is 4.02. The molecule has 178 valence electrons. The van der Waals surface area contributed by atoms with E-state index < -0.39 is 6.04 Å². The molecule has 0 radical (unpaired) electrons. The van der Waals surface area contributed by atoms with Gasteiger partial charge >= 0.3 is 0 Å². The van der Waals surface area contributed by atoms with E-state index in [1.165, 1.54) is 5.56 Å². The fourth-order valence-corrected chi connectivity index (χ4v) is 4.22. The summed E-state index contributed by atoms with van der Waals surface area (Å²) in [5, 5.41) is 6.36. The number of carbonyl (C=O) groups excluding carboxylic acids is 2. The van der Waals surface area contributed by atoms with E-state index in [0.717, 1.165) is 25.2 Å². The molecule has 1 aliphatic heterocycles. The van der Waals surface area contributed by atoms with Crippen molar-refractivity contribution < 1.29 is 14.3 Å².